The van der Waals surface area contributed by atoms with Gasteiger partial charge in [-0.15, -0.1) is 0 Å². The second-order valence-electron chi connectivity index (χ2n) is 6.63. The third kappa shape index (κ3) is 2.38. The van der Waals surface area contributed by atoms with Crippen LogP contribution in [0, 0.1) is 0 Å². The topological polar surface area (TPSA) is 34.5 Å². The third-order valence-electron chi connectivity index (χ3n) is 5.26. The predicted molar refractivity (Wildman–Crippen MR) is 96.4 cm³/mol. The SMILES string of the molecule is COC(=O)c1ccc2c3ccccc3n(C[C@@H]3CCCN3C)c2c1. The molecular formula is C20H22N2O2. The molecule has 0 aliphatic carbocycles. The molecule has 0 bridgehead atoms. The van der Waals surface area contributed by atoms with Crippen LogP contribution in [0.15, 0.2) is 42.5 Å². The molecule has 0 N–H and O–H groups in total. The van der Waals surface area contributed by atoms with Crippen LogP contribution in [0.2, 0.25) is 0 Å². The first-order valence-electron chi connectivity index (χ1n) is 8.48. The molecule has 24 heavy (non-hydrogen) atoms. The van der Waals surface area contributed by atoms with E-state index in [-0.39, 0.29) is 5.97 Å². The van der Waals surface area contributed by atoms with Gasteiger partial charge in [0.15, 0.2) is 0 Å². The molecule has 4 nitrogen and oxygen atoms in total. The van der Waals surface area contributed by atoms with Crippen molar-refractivity contribution in [2.45, 2.75) is 25.4 Å². The van der Waals surface area contributed by atoms with Crippen LogP contribution in [0.4, 0.5) is 0 Å². The molecule has 124 valence electrons. The van der Waals surface area contributed by atoms with Crippen molar-refractivity contribution in [1.29, 1.82) is 0 Å². The highest BCUT2D eigenvalue weighted by Gasteiger charge is 2.23. The van der Waals surface area contributed by atoms with Gasteiger partial charge in [-0.3, -0.25) is 0 Å². The second-order valence-corrected chi connectivity index (χ2v) is 6.63. The van der Waals surface area contributed by atoms with Gasteiger partial charge in [-0.1, -0.05) is 24.3 Å². The van der Waals surface area contributed by atoms with E-state index in [1.54, 1.807) is 0 Å². The Kier molecular flexibility index (Phi) is 3.77. The zero-order chi connectivity index (χ0) is 16.7. The van der Waals surface area contributed by atoms with Crippen LogP contribution in [0.25, 0.3) is 21.8 Å². The quantitative estimate of drug-likeness (QED) is 0.690. The Labute approximate surface area is 141 Å². The number of fused-ring (bicyclic) bond motifs is 3. The summed E-state index contributed by atoms with van der Waals surface area (Å²) in [5.41, 5.74) is 2.95. The lowest BCUT2D eigenvalue weighted by atomic mass is 10.1. The molecular weight excluding hydrogens is 300 g/mol. The molecule has 1 saturated heterocycles. The standard InChI is InChI=1S/C20H22N2O2/c1-21-11-5-6-15(21)13-22-18-8-4-3-7-16(18)17-10-9-14(12-19(17)22)20(23)24-2/h3-4,7-10,12,15H,5-6,11,13H2,1-2H3/t15-/m0/s1. The van der Waals surface area contributed by atoms with Crippen molar-refractivity contribution in [2.24, 2.45) is 0 Å². The largest absolute Gasteiger partial charge is 0.465 e. The van der Waals surface area contributed by atoms with Gasteiger partial charge in [0.25, 0.3) is 0 Å². The summed E-state index contributed by atoms with van der Waals surface area (Å²) in [5.74, 6) is -0.285. The Hall–Kier alpha value is -2.33. The van der Waals surface area contributed by atoms with Gasteiger partial charge < -0.3 is 14.2 Å². The smallest absolute Gasteiger partial charge is 0.337 e. The van der Waals surface area contributed by atoms with E-state index in [0.717, 1.165) is 18.6 Å². The molecule has 1 fully saturated rings. The minimum Gasteiger partial charge on any atom is -0.465 e. The summed E-state index contributed by atoms with van der Waals surface area (Å²) in [6.07, 6.45) is 2.48. The van der Waals surface area contributed by atoms with E-state index in [1.165, 1.54) is 36.2 Å². The number of methoxy groups -OCH3 is 1. The molecule has 0 radical (unpaired) electrons. The zero-order valence-electron chi connectivity index (χ0n) is 14.2. The minimum atomic E-state index is -0.285. The van der Waals surface area contributed by atoms with Gasteiger partial charge in [-0.2, -0.15) is 0 Å². The van der Waals surface area contributed by atoms with Crippen molar-refractivity contribution in [3.63, 3.8) is 0 Å². The number of esters is 1. The van der Waals surface area contributed by atoms with Crippen LogP contribution in [0.3, 0.4) is 0 Å². The predicted octanol–water partition coefficient (Wildman–Crippen LogP) is 3.68. The van der Waals surface area contributed by atoms with Crippen LogP contribution < -0.4 is 0 Å². The number of ether oxygens (including phenoxy) is 1. The van der Waals surface area contributed by atoms with E-state index in [9.17, 15) is 4.79 Å². The lowest BCUT2D eigenvalue weighted by Gasteiger charge is -2.21. The summed E-state index contributed by atoms with van der Waals surface area (Å²) in [6, 6.07) is 14.9. The molecule has 4 heteroatoms. The number of benzene rings is 2. The average Bonchev–Trinajstić information content (AvgIpc) is 3.16. The minimum absolute atomic E-state index is 0.285. The number of hydrogen-bond acceptors (Lipinski definition) is 3. The normalized spacial score (nSPS) is 18.5. The summed E-state index contributed by atoms with van der Waals surface area (Å²) >= 11 is 0. The fourth-order valence-electron chi connectivity index (χ4n) is 3.91. The Morgan fingerprint density at radius 2 is 1.96 bits per heavy atom. The maximum Gasteiger partial charge on any atom is 0.337 e. The molecule has 1 aliphatic rings. The van der Waals surface area contributed by atoms with Crippen LogP contribution in [0.1, 0.15) is 23.2 Å². The molecule has 1 aromatic heterocycles. The number of nitrogens with zero attached hydrogens (tertiary/aromatic N) is 2. The maximum atomic E-state index is 11.9. The molecule has 0 saturated carbocycles. The highest BCUT2D eigenvalue weighted by Crippen LogP contribution is 2.31. The molecule has 1 atom stereocenters. The van der Waals surface area contributed by atoms with E-state index >= 15 is 0 Å². The van der Waals surface area contributed by atoms with Crippen molar-refractivity contribution in [3.05, 3.63) is 48.0 Å². The van der Waals surface area contributed by atoms with E-state index in [0.29, 0.717) is 11.6 Å². The second kappa shape index (κ2) is 5.95. The first-order chi connectivity index (χ1) is 11.7. The fourth-order valence-corrected chi connectivity index (χ4v) is 3.91. The van der Waals surface area contributed by atoms with Crippen LogP contribution in [0.5, 0.6) is 0 Å². The van der Waals surface area contributed by atoms with Gasteiger partial charge in [-0.25, -0.2) is 4.79 Å². The molecule has 4 rings (SSSR count). The number of hydrogen-bond donors (Lipinski definition) is 0. The summed E-state index contributed by atoms with van der Waals surface area (Å²) in [7, 11) is 3.63. The molecule has 0 amide bonds. The van der Waals surface area contributed by atoms with Crippen LogP contribution in [-0.4, -0.2) is 42.2 Å². The summed E-state index contributed by atoms with van der Waals surface area (Å²) in [5, 5.41) is 2.43. The van der Waals surface area contributed by atoms with Crippen molar-refractivity contribution in [2.75, 3.05) is 20.7 Å². The lowest BCUT2D eigenvalue weighted by Crippen LogP contribution is -2.29. The Morgan fingerprint density at radius 3 is 2.71 bits per heavy atom. The number of likely N-dealkylation sites (N-methyl/N-ethyl adjacent to an activating group) is 1. The number of carbonyl (C=O) groups is 1. The number of likely N-dealkylation sites (tertiary alicyclic amines) is 1. The lowest BCUT2D eigenvalue weighted by molar-refractivity contribution is 0.0601. The van der Waals surface area contributed by atoms with Crippen LogP contribution in [-0.2, 0) is 11.3 Å². The van der Waals surface area contributed by atoms with E-state index in [2.05, 4.69) is 40.8 Å². The van der Waals surface area contributed by atoms with E-state index in [1.807, 2.05) is 18.2 Å². The molecule has 0 unspecified atom stereocenters. The maximum absolute atomic E-state index is 11.9. The number of carbonyl (C=O) groups excluding carboxylic acids is 1. The van der Waals surface area contributed by atoms with Crippen molar-refractivity contribution < 1.29 is 9.53 Å². The first kappa shape index (κ1) is 15.2. The highest BCUT2D eigenvalue weighted by molar-refractivity contribution is 6.09. The third-order valence-corrected chi connectivity index (χ3v) is 5.26. The van der Waals surface area contributed by atoms with Gasteiger partial charge in [0.05, 0.1) is 18.2 Å². The Bertz CT molecular complexity index is 913. The average molecular weight is 322 g/mol. The summed E-state index contributed by atoms with van der Waals surface area (Å²) < 4.78 is 7.26. The molecule has 3 aromatic rings. The number of para-hydroxylation sites is 1. The van der Waals surface area contributed by atoms with Crippen molar-refractivity contribution >= 4 is 27.8 Å². The van der Waals surface area contributed by atoms with Crippen molar-refractivity contribution in [3.8, 4) is 0 Å². The number of aromatic nitrogens is 1. The van der Waals surface area contributed by atoms with Gasteiger partial charge in [0.2, 0.25) is 0 Å². The molecule has 2 aromatic carbocycles. The fraction of sp³-hybridized carbons (Fsp3) is 0.350. The van der Waals surface area contributed by atoms with Gasteiger partial charge in [-0.05, 0) is 44.6 Å². The molecule has 2 heterocycles. The molecule has 0 spiro atoms. The van der Waals surface area contributed by atoms with Gasteiger partial charge in [0, 0.05) is 28.9 Å². The van der Waals surface area contributed by atoms with Crippen molar-refractivity contribution in [1.82, 2.24) is 9.47 Å². The van der Waals surface area contributed by atoms with Gasteiger partial charge in [0.1, 0.15) is 0 Å². The summed E-state index contributed by atoms with van der Waals surface area (Å²) in [4.78, 5) is 14.4. The number of rotatable bonds is 3. The van der Waals surface area contributed by atoms with E-state index < -0.39 is 0 Å². The zero-order valence-corrected chi connectivity index (χ0v) is 14.2. The van der Waals surface area contributed by atoms with E-state index in [4.69, 9.17) is 4.74 Å². The molecule has 1 aliphatic heterocycles. The Morgan fingerprint density at radius 1 is 1.17 bits per heavy atom. The van der Waals surface area contributed by atoms with Gasteiger partial charge >= 0.3 is 5.97 Å². The highest BCUT2D eigenvalue weighted by atomic mass is 16.5. The monoisotopic (exact) mass is 322 g/mol. The summed E-state index contributed by atoms with van der Waals surface area (Å²) in [6.45, 7) is 2.11. The van der Waals surface area contributed by atoms with Crippen LogP contribution >= 0.6 is 0 Å². The first-order valence-corrected chi connectivity index (χ1v) is 8.48. The Balaban J connectivity index is 1.91.